The maximum Gasteiger partial charge on any atom is 0.302 e. The number of carbonyl (C=O) groups is 2. The SMILES string of the molecule is CC(=O)O[C@@H]1CC[C@]2(C)C(=CC[C@H]3[C@@H]4C[C@@H](OCc5ccccc5)[C@H](C(C)=O)[C@]4(C)CC[C@@H]32)C1. The molecule has 5 rings (SSSR count). The molecule has 0 spiro atoms. The Morgan fingerprint density at radius 3 is 2.50 bits per heavy atom. The van der Waals surface area contributed by atoms with Crippen LogP contribution in [-0.4, -0.2) is 24.0 Å². The third-order valence-corrected chi connectivity index (χ3v) is 10.1. The fourth-order valence-corrected chi connectivity index (χ4v) is 8.62. The summed E-state index contributed by atoms with van der Waals surface area (Å²) in [5.41, 5.74) is 2.89. The Morgan fingerprint density at radius 2 is 1.79 bits per heavy atom. The van der Waals surface area contributed by atoms with E-state index < -0.39 is 0 Å². The van der Waals surface area contributed by atoms with Crippen LogP contribution in [0.4, 0.5) is 0 Å². The lowest BCUT2D eigenvalue weighted by atomic mass is 9.47. The monoisotopic (exact) mass is 464 g/mol. The minimum Gasteiger partial charge on any atom is -0.462 e. The van der Waals surface area contributed by atoms with E-state index in [1.165, 1.54) is 24.5 Å². The highest BCUT2D eigenvalue weighted by molar-refractivity contribution is 5.80. The first kappa shape index (κ1) is 23.8. The van der Waals surface area contributed by atoms with Gasteiger partial charge in [-0.05, 0) is 79.6 Å². The van der Waals surface area contributed by atoms with E-state index in [-0.39, 0.29) is 34.9 Å². The van der Waals surface area contributed by atoms with Crippen LogP contribution < -0.4 is 0 Å². The topological polar surface area (TPSA) is 52.6 Å². The first-order valence-corrected chi connectivity index (χ1v) is 13.2. The van der Waals surface area contributed by atoms with Gasteiger partial charge in [-0.25, -0.2) is 0 Å². The van der Waals surface area contributed by atoms with Crippen molar-refractivity contribution in [3.05, 3.63) is 47.5 Å². The molecule has 0 aliphatic heterocycles. The number of fused-ring (bicyclic) bond motifs is 5. The van der Waals surface area contributed by atoms with E-state index in [0.717, 1.165) is 38.5 Å². The van der Waals surface area contributed by atoms with Gasteiger partial charge < -0.3 is 9.47 Å². The number of ketones is 1. The van der Waals surface area contributed by atoms with Gasteiger partial charge in [-0.2, -0.15) is 0 Å². The van der Waals surface area contributed by atoms with Crippen LogP contribution in [0.25, 0.3) is 0 Å². The molecule has 4 aliphatic rings. The predicted octanol–water partition coefficient (Wildman–Crippen LogP) is 6.28. The summed E-state index contributed by atoms with van der Waals surface area (Å²) >= 11 is 0. The largest absolute Gasteiger partial charge is 0.462 e. The van der Waals surface area contributed by atoms with E-state index >= 15 is 0 Å². The molecule has 1 aromatic carbocycles. The summed E-state index contributed by atoms with van der Waals surface area (Å²) in [5.74, 6) is 1.87. The van der Waals surface area contributed by atoms with E-state index in [2.05, 4.69) is 32.1 Å². The average molecular weight is 465 g/mol. The maximum atomic E-state index is 13.0. The number of ether oxygens (including phenoxy) is 2. The van der Waals surface area contributed by atoms with Crippen molar-refractivity contribution in [2.24, 2.45) is 34.5 Å². The summed E-state index contributed by atoms with van der Waals surface area (Å²) < 4.78 is 12.1. The van der Waals surface area contributed by atoms with Crippen LogP contribution in [0.5, 0.6) is 0 Å². The van der Waals surface area contributed by atoms with E-state index in [0.29, 0.717) is 30.1 Å². The smallest absolute Gasteiger partial charge is 0.302 e. The van der Waals surface area contributed by atoms with Crippen LogP contribution in [-0.2, 0) is 25.7 Å². The van der Waals surface area contributed by atoms with Crippen molar-refractivity contribution in [2.45, 2.75) is 91.5 Å². The lowest BCUT2D eigenvalue weighted by molar-refractivity contribution is -0.149. The molecule has 4 aliphatic carbocycles. The normalized spacial score (nSPS) is 41.0. The molecule has 3 fully saturated rings. The van der Waals surface area contributed by atoms with Crippen molar-refractivity contribution < 1.29 is 19.1 Å². The van der Waals surface area contributed by atoms with Gasteiger partial charge in [0.2, 0.25) is 0 Å². The first-order valence-electron chi connectivity index (χ1n) is 13.2. The van der Waals surface area contributed by atoms with Gasteiger partial charge in [-0.3, -0.25) is 9.59 Å². The van der Waals surface area contributed by atoms with Crippen LogP contribution in [0, 0.1) is 34.5 Å². The molecular weight excluding hydrogens is 424 g/mol. The number of rotatable bonds is 5. The van der Waals surface area contributed by atoms with Gasteiger partial charge in [-0.15, -0.1) is 0 Å². The molecule has 0 heterocycles. The first-order chi connectivity index (χ1) is 16.2. The molecule has 4 heteroatoms. The Labute approximate surface area is 204 Å². The van der Waals surface area contributed by atoms with E-state index in [1.54, 1.807) is 6.92 Å². The zero-order valence-electron chi connectivity index (χ0n) is 21.2. The molecule has 0 bridgehead atoms. The van der Waals surface area contributed by atoms with Gasteiger partial charge in [0, 0.05) is 19.3 Å². The van der Waals surface area contributed by atoms with Gasteiger partial charge in [0.1, 0.15) is 11.9 Å². The zero-order chi connectivity index (χ0) is 24.1. The second kappa shape index (κ2) is 8.93. The average Bonchev–Trinajstić information content (AvgIpc) is 3.11. The van der Waals surface area contributed by atoms with Crippen molar-refractivity contribution in [3.63, 3.8) is 0 Å². The third kappa shape index (κ3) is 3.96. The fourth-order valence-electron chi connectivity index (χ4n) is 8.62. The number of benzene rings is 1. The van der Waals surface area contributed by atoms with E-state index in [1.807, 2.05) is 18.2 Å². The minimum absolute atomic E-state index is 0.00402. The van der Waals surface area contributed by atoms with Gasteiger partial charge in [-0.1, -0.05) is 55.8 Å². The second-order valence-corrected chi connectivity index (χ2v) is 11.9. The molecule has 0 radical (unpaired) electrons. The van der Waals surface area contributed by atoms with Gasteiger partial charge in [0.15, 0.2) is 0 Å². The Morgan fingerprint density at radius 1 is 1.03 bits per heavy atom. The Kier molecular flexibility index (Phi) is 6.25. The number of Topliss-reactive ketones (excluding diaryl/α,β-unsaturated/α-hetero) is 1. The molecule has 3 saturated carbocycles. The maximum absolute atomic E-state index is 13.0. The Balaban J connectivity index is 1.37. The number of carbonyl (C=O) groups excluding carboxylic acids is 2. The number of hydrogen-bond acceptors (Lipinski definition) is 4. The molecule has 4 nitrogen and oxygen atoms in total. The van der Waals surface area contributed by atoms with Crippen molar-refractivity contribution in [1.29, 1.82) is 0 Å². The zero-order valence-corrected chi connectivity index (χ0v) is 21.2. The molecular formula is C30H40O4. The standard InChI is InChI=1S/C30H40O4/c1-19(31)28-27(33-18-21-8-6-5-7-9-21)17-26-24-11-10-22-16-23(34-20(2)32)12-14-29(22,3)25(24)13-15-30(26,28)4/h5-10,23-28H,11-18H2,1-4H3/t23-,24-,25+,26+,27-,28+,29-,30-/m1/s1. The van der Waals surface area contributed by atoms with Crippen molar-refractivity contribution in [1.82, 2.24) is 0 Å². The highest BCUT2D eigenvalue weighted by Gasteiger charge is 2.62. The Hall–Kier alpha value is -1.94. The highest BCUT2D eigenvalue weighted by Crippen LogP contribution is 2.66. The van der Waals surface area contributed by atoms with Crippen LogP contribution in [0.3, 0.4) is 0 Å². The second-order valence-electron chi connectivity index (χ2n) is 11.9. The lowest BCUT2D eigenvalue weighted by Crippen LogP contribution is -2.51. The molecule has 0 amide bonds. The molecule has 0 aromatic heterocycles. The third-order valence-electron chi connectivity index (χ3n) is 10.1. The summed E-state index contributed by atoms with van der Waals surface area (Å²) in [6.45, 7) is 8.71. The summed E-state index contributed by atoms with van der Waals surface area (Å²) in [6.07, 6.45) is 9.80. The molecule has 8 atom stereocenters. The highest BCUT2D eigenvalue weighted by atomic mass is 16.5. The van der Waals surface area contributed by atoms with Gasteiger partial charge >= 0.3 is 5.97 Å². The summed E-state index contributed by atoms with van der Waals surface area (Å²) in [5, 5.41) is 0. The number of hydrogen-bond donors (Lipinski definition) is 0. The minimum atomic E-state index is -0.168. The predicted molar refractivity (Wildman–Crippen MR) is 132 cm³/mol. The molecule has 0 unspecified atom stereocenters. The van der Waals surface area contributed by atoms with Gasteiger partial charge in [0.25, 0.3) is 0 Å². The number of esters is 1. The van der Waals surface area contributed by atoms with Crippen molar-refractivity contribution in [3.8, 4) is 0 Å². The summed E-state index contributed by atoms with van der Waals surface area (Å²) in [7, 11) is 0. The molecule has 1 aromatic rings. The van der Waals surface area contributed by atoms with Crippen molar-refractivity contribution >= 4 is 11.8 Å². The van der Waals surface area contributed by atoms with Crippen LogP contribution in [0.1, 0.15) is 78.2 Å². The summed E-state index contributed by atoms with van der Waals surface area (Å²) in [4.78, 5) is 24.5. The quantitative estimate of drug-likeness (QED) is 0.380. The molecule has 0 N–H and O–H groups in total. The summed E-state index contributed by atoms with van der Waals surface area (Å²) in [6, 6.07) is 10.3. The van der Waals surface area contributed by atoms with Crippen molar-refractivity contribution in [2.75, 3.05) is 0 Å². The van der Waals surface area contributed by atoms with Crippen LogP contribution >= 0.6 is 0 Å². The van der Waals surface area contributed by atoms with E-state index in [9.17, 15) is 9.59 Å². The number of allylic oxidation sites excluding steroid dienone is 1. The lowest BCUT2D eigenvalue weighted by Gasteiger charge is -2.57. The fraction of sp³-hybridized carbons (Fsp3) is 0.667. The molecule has 34 heavy (non-hydrogen) atoms. The van der Waals surface area contributed by atoms with Crippen LogP contribution in [0.2, 0.25) is 0 Å². The van der Waals surface area contributed by atoms with E-state index in [4.69, 9.17) is 9.47 Å². The van der Waals surface area contributed by atoms with Crippen LogP contribution in [0.15, 0.2) is 42.0 Å². The van der Waals surface area contributed by atoms with Gasteiger partial charge in [0.05, 0.1) is 12.7 Å². The Bertz CT molecular complexity index is 967. The molecule has 184 valence electrons. The molecule has 0 saturated heterocycles.